The summed E-state index contributed by atoms with van der Waals surface area (Å²) in [6.45, 7) is 2.86. The predicted octanol–water partition coefficient (Wildman–Crippen LogP) is -0.814. The van der Waals surface area contributed by atoms with Crippen molar-refractivity contribution in [2.75, 3.05) is 18.9 Å². The minimum Gasteiger partial charge on any atom is -0.396 e. The average Bonchev–Trinajstić information content (AvgIpc) is 2.85. The molecule has 0 bridgehead atoms. The third-order valence-electron chi connectivity index (χ3n) is 3.37. The number of nitrogen functional groups attached to an aromatic ring is 1. The Labute approximate surface area is 115 Å². The molecular weight excluding hydrogens is 262 g/mol. The molecule has 0 aliphatic carbocycles. The minimum atomic E-state index is -0.443. The summed E-state index contributed by atoms with van der Waals surface area (Å²) in [5.41, 5.74) is 6.23. The number of rotatable bonds is 6. The van der Waals surface area contributed by atoms with Crippen LogP contribution in [0.2, 0.25) is 0 Å². The van der Waals surface area contributed by atoms with Crippen LogP contribution in [0.1, 0.15) is 13.3 Å². The van der Waals surface area contributed by atoms with Gasteiger partial charge in [0.15, 0.2) is 5.52 Å². The normalized spacial score (nSPS) is 11.6. The highest BCUT2D eigenvalue weighted by atomic mass is 16.3. The Hall–Kier alpha value is -1.93. The summed E-state index contributed by atoms with van der Waals surface area (Å²) in [6, 6.07) is 0. The zero-order valence-corrected chi connectivity index (χ0v) is 11.4. The van der Waals surface area contributed by atoms with Crippen LogP contribution in [0.25, 0.3) is 11.2 Å². The summed E-state index contributed by atoms with van der Waals surface area (Å²) in [7, 11) is 0. The maximum Gasteiger partial charge on any atom is 0.302 e. The van der Waals surface area contributed by atoms with Gasteiger partial charge in [0.2, 0.25) is 5.95 Å². The first kappa shape index (κ1) is 14.5. The Balaban J connectivity index is 2.42. The molecule has 20 heavy (non-hydrogen) atoms. The van der Waals surface area contributed by atoms with E-state index in [9.17, 15) is 4.79 Å². The van der Waals surface area contributed by atoms with Crippen molar-refractivity contribution in [1.29, 1.82) is 0 Å². The van der Waals surface area contributed by atoms with Gasteiger partial charge in [-0.25, -0.2) is 4.98 Å². The van der Waals surface area contributed by atoms with Gasteiger partial charge in [-0.05, 0) is 13.3 Å². The van der Waals surface area contributed by atoms with Gasteiger partial charge in [0.25, 0.3) is 0 Å². The van der Waals surface area contributed by atoms with E-state index in [2.05, 4.69) is 9.97 Å². The van der Waals surface area contributed by atoms with E-state index in [0.29, 0.717) is 25.2 Å². The van der Waals surface area contributed by atoms with Crippen molar-refractivity contribution in [2.24, 2.45) is 5.92 Å². The lowest BCUT2D eigenvalue weighted by Crippen LogP contribution is -2.20. The van der Waals surface area contributed by atoms with E-state index in [1.165, 1.54) is 0 Å². The SMILES string of the molecule is CCn1c(N)nc(=O)c2ncn(CCC(CO)CO)c21. The summed E-state index contributed by atoms with van der Waals surface area (Å²) in [6.07, 6.45) is 2.14. The molecule has 0 saturated carbocycles. The standard InChI is InChI=1S/C12H19N5O3/c1-2-17-11-9(10(20)15-12(17)13)14-7-16(11)4-3-8(5-18)6-19/h7-8,18-19H,2-6H2,1H3,(H2,13,15,20). The van der Waals surface area contributed by atoms with Crippen LogP contribution in [0.5, 0.6) is 0 Å². The molecule has 110 valence electrons. The summed E-state index contributed by atoms with van der Waals surface area (Å²) < 4.78 is 3.52. The van der Waals surface area contributed by atoms with Crippen LogP contribution in [0.15, 0.2) is 11.1 Å². The van der Waals surface area contributed by atoms with Crippen molar-refractivity contribution in [2.45, 2.75) is 26.4 Å². The number of imidazole rings is 1. The molecule has 8 nitrogen and oxygen atoms in total. The molecule has 0 fully saturated rings. The lowest BCUT2D eigenvalue weighted by molar-refractivity contribution is 0.140. The van der Waals surface area contributed by atoms with Crippen LogP contribution < -0.4 is 11.3 Å². The number of aromatic nitrogens is 4. The first-order valence-electron chi connectivity index (χ1n) is 6.55. The third-order valence-corrected chi connectivity index (χ3v) is 3.37. The van der Waals surface area contributed by atoms with Crippen molar-refractivity contribution in [3.05, 3.63) is 16.7 Å². The molecule has 2 aromatic heterocycles. The fourth-order valence-electron chi connectivity index (χ4n) is 2.17. The molecule has 0 aliphatic heterocycles. The van der Waals surface area contributed by atoms with Gasteiger partial charge in [0.1, 0.15) is 5.65 Å². The van der Waals surface area contributed by atoms with Crippen LogP contribution >= 0.6 is 0 Å². The fourth-order valence-corrected chi connectivity index (χ4v) is 2.17. The van der Waals surface area contributed by atoms with Crippen molar-refractivity contribution >= 4 is 17.1 Å². The number of aliphatic hydroxyl groups is 2. The van der Waals surface area contributed by atoms with Gasteiger partial charge >= 0.3 is 5.56 Å². The highest BCUT2D eigenvalue weighted by Crippen LogP contribution is 2.14. The lowest BCUT2D eigenvalue weighted by atomic mass is 10.1. The molecule has 2 aromatic rings. The second-order valence-corrected chi connectivity index (χ2v) is 4.65. The second kappa shape index (κ2) is 6.02. The van der Waals surface area contributed by atoms with E-state index in [1.807, 2.05) is 6.92 Å². The molecule has 0 aliphatic rings. The number of hydrogen-bond acceptors (Lipinski definition) is 6. The quantitative estimate of drug-likeness (QED) is 0.637. The largest absolute Gasteiger partial charge is 0.396 e. The lowest BCUT2D eigenvalue weighted by Gasteiger charge is -2.14. The number of nitrogens with zero attached hydrogens (tertiary/aromatic N) is 4. The van der Waals surface area contributed by atoms with Gasteiger partial charge in [-0.15, -0.1) is 0 Å². The Morgan fingerprint density at radius 1 is 1.40 bits per heavy atom. The van der Waals surface area contributed by atoms with E-state index in [4.69, 9.17) is 15.9 Å². The molecule has 0 radical (unpaired) electrons. The second-order valence-electron chi connectivity index (χ2n) is 4.65. The highest BCUT2D eigenvalue weighted by Gasteiger charge is 2.14. The van der Waals surface area contributed by atoms with Crippen molar-refractivity contribution in [1.82, 2.24) is 19.1 Å². The Morgan fingerprint density at radius 2 is 2.10 bits per heavy atom. The smallest absolute Gasteiger partial charge is 0.302 e. The van der Waals surface area contributed by atoms with Crippen LogP contribution in [0.3, 0.4) is 0 Å². The van der Waals surface area contributed by atoms with Gasteiger partial charge < -0.3 is 20.5 Å². The van der Waals surface area contributed by atoms with E-state index in [-0.39, 0.29) is 30.6 Å². The summed E-state index contributed by atoms with van der Waals surface area (Å²) in [5.74, 6) is -0.0268. The van der Waals surface area contributed by atoms with Crippen LogP contribution in [0.4, 0.5) is 5.95 Å². The Kier molecular flexibility index (Phi) is 4.35. The van der Waals surface area contributed by atoms with Crippen LogP contribution in [-0.2, 0) is 13.1 Å². The molecule has 0 aromatic carbocycles. The van der Waals surface area contributed by atoms with Gasteiger partial charge in [0, 0.05) is 32.2 Å². The van der Waals surface area contributed by atoms with E-state index < -0.39 is 5.56 Å². The van der Waals surface area contributed by atoms with Gasteiger partial charge in [0.05, 0.1) is 6.33 Å². The maximum absolute atomic E-state index is 11.8. The first-order chi connectivity index (χ1) is 9.62. The Bertz CT molecular complexity index is 644. The summed E-state index contributed by atoms with van der Waals surface area (Å²) >= 11 is 0. The number of aliphatic hydroxyl groups excluding tert-OH is 2. The number of anilines is 1. The Morgan fingerprint density at radius 3 is 2.70 bits per heavy atom. The predicted molar refractivity (Wildman–Crippen MR) is 74.2 cm³/mol. The van der Waals surface area contributed by atoms with Gasteiger partial charge in [-0.1, -0.05) is 0 Å². The monoisotopic (exact) mass is 281 g/mol. The minimum absolute atomic E-state index is 0.0760. The van der Waals surface area contributed by atoms with Crippen LogP contribution in [0, 0.1) is 5.92 Å². The molecule has 2 rings (SSSR count). The highest BCUT2D eigenvalue weighted by molar-refractivity contribution is 5.71. The number of fused-ring (bicyclic) bond motifs is 1. The molecule has 0 amide bonds. The maximum atomic E-state index is 11.8. The molecule has 2 heterocycles. The average molecular weight is 281 g/mol. The van der Waals surface area contributed by atoms with E-state index in [1.54, 1.807) is 15.5 Å². The van der Waals surface area contributed by atoms with E-state index in [0.717, 1.165) is 0 Å². The summed E-state index contributed by atoms with van der Waals surface area (Å²) in [5, 5.41) is 18.2. The molecule has 4 N–H and O–H groups in total. The molecule has 8 heteroatoms. The third kappa shape index (κ3) is 2.52. The molecular formula is C12H19N5O3. The van der Waals surface area contributed by atoms with E-state index >= 15 is 0 Å². The first-order valence-corrected chi connectivity index (χ1v) is 6.55. The molecule has 0 saturated heterocycles. The molecule has 0 spiro atoms. The van der Waals surface area contributed by atoms with Gasteiger partial charge in [-0.2, -0.15) is 4.98 Å². The van der Waals surface area contributed by atoms with Crippen molar-refractivity contribution in [3.63, 3.8) is 0 Å². The fraction of sp³-hybridized carbons (Fsp3) is 0.583. The zero-order valence-electron chi connectivity index (χ0n) is 11.4. The van der Waals surface area contributed by atoms with Crippen molar-refractivity contribution < 1.29 is 10.2 Å². The topological polar surface area (TPSA) is 119 Å². The van der Waals surface area contributed by atoms with Gasteiger partial charge in [-0.3, -0.25) is 9.36 Å². The molecule has 0 atom stereocenters. The number of aryl methyl sites for hydroxylation is 2. The number of hydrogen-bond donors (Lipinski definition) is 3. The zero-order chi connectivity index (χ0) is 14.7. The summed E-state index contributed by atoms with van der Waals surface area (Å²) in [4.78, 5) is 19.6. The van der Waals surface area contributed by atoms with Crippen LogP contribution in [-0.4, -0.2) is 42.5 Å². The number of nitrogens with two attached hydrogens (primary N) is 1. The molecule has 0 unspecified atom stereocenters. The van der Waals surface area contributed by atoms with Crippen molar-refractivity contribution in [3.8, 4) is 0 Å².